The number of alkyl halides is 4. The molecule has 2 saturated heterocycles. The van der Waals surface area contributed by atoms with Crippen molar-refractivity contribution in [3.8, 4) is 0 Å². The van der Waals surface area contributed by atoms with E-state index in [1.807, 2.05) is 0 Å². The highest BCUT2D eigenvalue weighted by Crippen LogP contribution is 2.45. The number of halogens is 4. The number of carbonyl (C=O) groups excluding carboxylic acids is 1. The Morgan fingerprint density at radius 1 is 1.18 bits per heavy atom. The van der Waals surface area contributed by atoms with Gasteiger partial charge < -0.3 is 22.1 Å². The first kappa shape index (κ1) is 25.1. The molecule has 7 unspecified atom stereocenters. The Labute approximate surface area is 192 Å². The lowest BCUT2D eigenvalue weighted by Gasteiger charge is -2.47. The standard InChI is InChI=1S/C22H38F4N6O/c23-17-7-15(22(24,25)26)1-2-16(17)18-29-9-14(10-30-20(33)21(12-28)4-5-21)19(31-18)32-6-3-13(8-27)11-32/h13-19,29,31H,1-12,27-28H2,(H,30,33). The molecule has 0 spiro atoms. The van der Waals surface area contributed by atoms with Gasteiger partial charge in [-0.3, -0.25) is 15.0 Å². The monoisotopic (exact) mass is 478 g/mol. The summed E-state index contributed by atoms with van der Waals surface area (Å²) in [6.07, 6.45) is -4.09. The largest absolute Gasteiger partial charge is 0.391 e. The highest BCUT2D eigenvalue weighted by Gasteiger charge is 2.50. The van der Waals surface area contributed by atoms with Crippen molar-refractivity contribution in [2.24, 2.45) is 40.6 Å². The first-order valence-electron chi connectivity index (χ1n) is 12.3. The second-order valence-corrected chi connectivity index (χ2v) is 10.6. The summed E-state index contributed by atoms with van der Waals surface area (Å²) in [7, 11) is 0. The molecule has 0 aromatic rings. The van der Waals surface area contributed by atoms with E-state index in [1.54, 1.807) is 0 Å². The molecule has 33 heavy (non-hydrogen) atoms. The summed E-state index contributed by atoms with van der Waals surface area (Å²) in [6.45, 7) is 3.62. The molecular weight excluding hydrogens is 440 g/mol. The molecule has 7 nitrogen and oxygen atoms in total. The second-order valence-electron chi connectivity index (χ2n) is 10.6. The lowest BCUT2D eigenvalue weighted by atomic mass is 9.78. The van der Waals surface area contributed by atoms with Crippen LogP contribution in [0, 0.1) is 29.1 Å². The number of likely N-dealkylation sites (tertiary alicyclic amines) is 1. The van der Waals surface area contributed by atoms with Gasteiger partial charge in [0.25, 0.3) is 0 Å². The number of nitrogens with zero attached hydrogens (tertiary/aromatic N) is 1. The van der Waals surface area contributed by atoms with Crippen LogP contribution in [-0.4, -0.2) is 74.8 Å². The van der Waals surface area contributed by atoms with Crippen LogP contribution in [0.25, 0.3) is 0 Å². The van der Waals surface area contributed by atoms with Gasteiger partial charge in [0.05, 0.1) is 23.7 Å². The molecule has 0 aromatic carbocycles. The minimum Gasteiger partial charge on any atom is -0.355 e. The van der Waals surface area contributed by atoms with Crippen LogP contribution in [-0.2, 0) is 4.79 Å². The molecular formula is C22H38F4N6O. The molecule has 190 valence electrons. The first-order chi connectivity index (χ1) is 15.7. The molecule has 7 N–H and O–H groups in total. The van der Waals surface area contributed by atoms with Crippen molar-refractivity contribution >= 4 is 5.91 Å². The summed E-state index contributed by atoms with van der Waals surface area (Å²) in [5.74, 6) is -1.66. The topological polar surface area (TPSA) is 108 Å². The van der Waals surface area contributed by atoms with Crippen LogP contribution in [0.5, 0.6) is 0 Å². The fourth-order valence-electron chi connectivity index (χ4n) is 5.84. The van der Waals surface area contributed by atoms with Gasteiger partial charge in [0, 0.05) is 44.6 Å². The van der Waals surface area contributed by atoms with Gasteiger partial charge >= 0.3 is 6.18 Å². The van der Waals surface area contributed by atoms with Crippen molar-refractivity contribution < 1.29 is 22.4 Å². The summed E-state index contributed by atoms with van der Waals surface area (Å²) in [5, 5.41) is 9.91. The second kappa shape index (κ2) is 9.93. The Hall–Kier alpha value is -1.01. The van der Waals surface area contributed by atoms with Crippen LogP contribution in [0.15, 0.2) is 0 Å². The van der Waals surface area contributed by atoms with E-state index in [2.05, 4.69) is 20.9 Å². The predicted molar refractivity (Wildman–Crippen MR) is 116 cm³/mol. The third-order valence-electron chi connectivity index (χ3n) is 8.41. The van der Waals surface area contributed by atoms with E-state index in [9.17, 15) is 22.4 Å². The van der Waals surface area contributed by atoms with Crippen molar-refractivity contribution in [2.45, 2.75) is 63.2 Å². The Morgan fingerprint density at radius 3 is 2.52 bits per heavy atom. The summed E-state index contributed by atoms with van der Waals surface area (Å²) < 4.78 is 54.1. The van der Waals surface area contributed by atoms with Crippen molar-refractivity contribution in [3.05, 3.63) is 0 Å². The van der Waals surface area contributed by atoms with Gasteiger partial charge in [-0.05, 0) is 51.0 Å². The Bertz CT molecular complexity index is 690. The van der Waals surface area contributed by atoms with E-state index in [-0.39, 0.29) is 30.8 Å². The zero-order valence-electron chi connectivity index (χ0n) is 19.0. The van der Waals surface area contributed by atoms with Gasteiger partial charge in [0.2, 0.25) is 5.91 Å². The number of rotatable bonds is 7. The molecule has 2 heterocycles. The molecule has 0 aromatic heterocycles. The Kier molecular flexibility index (Phi) is 7.55. The minimum atomic E-state index is -4.34. The van der Waals surface area contributed by atoms with Crippen LogP contribution < -0.4 is 27.4 Å². The number of carbonyl (C=O) groups is 1. The van der Waals surface area contributed by atoms with E-state index in [4.69, 9.17) is 11.5 Å². The maximum Gasteiger partial charge on any atom is 0.391 e. The van der Waals surface area contributed by atoms with Crippen molar-refractivity contribution in [3.63, 3.8) is 0 Å². The van der Waals surface area contributed by atoms with Gasteiger partial charge in [-0.25, -0.2) is 4.39 Å². The normalized spacial score (nSPS) is 39.4. The van der Waals surface area contributed by atoms with Crippen LogP contribution in [0.1, 0.15) is 38.5 Å². The molecule has 2 aliphatic carbocycles. The SMILES string of the molecule is NCC1CCN(C2NC(C3CCC(C(F)(F)F)CC3F)NCC2CNC(=O)C2(CN)CC2)C1. The molecule has 7 atom stereocenters. The van der Waals surface area contributed by atoms with Crippen LogP contribution in [0.2, 0.25) is 0 Å². The zero-order chi connectivity index (χ0) is 23.8. The van der Waals surface area contributed by atoms with Gasteiger partial charge in [0.15, 0.2) is 0 Å². The maximum atomic E-state index is 14.9. The first-order valence-corrected chi connectivity index (χ1v) is 12.3. The summed E-state index contributed by atoms with van der Waals surface area (Å²) in [5.41, 5.74) is 11.2. The summed E-state index contributed by atoms with van der Waals surface area (Å²) >= 11 is 0. The molecule has 0 radical (unpaired) electrons. The fourth-order valence-corrected chi connectivity index (χ4v) is 5.84. The maximum absolute atomic E-state index is 14.9. The highest BCUT2D eigenvalue weighted by atomic mass is 19.4. The Balaban J connectivity index is 1.40. The predicted octanol–water partition coefficient (Wildman–Crippen LogP) is 0.900. The van der Waals surface area contributed by atoms with E-state index in [0.717, 1.165) is 32.4 Å². The van der Waals surface area contributed by atoms with Crippen molar-refractivity contribution in [1.29, 1.82) is 0 Å². The molecule has 1 amide bonds. The average molecular weight is 479 g/mol. The van der Waals surface area contributed by atoms with Crippen molar-refractivity contribution in [2.75, 3.05) is 39.3 Å². The minimum absolute atomic E-state index is 0.0126. The molecule has 2 saturated carbocycles. The number of hydrogen-bond donors (Lipinski definition) is 5. The molecule has 4 aliphatic rings. The number of nitrogens with one attached hydrogen (secondary N) is 3. The zero-order valence-corrected chi connectivity index (χ0v) is 19.0. The number of hydrogen-bond acceptors (Lipinski definition) is 6. The van der Waals surface area contributed by atoms with E-state index in [1.165, 1.54) is 0 Å². The van der Waals surface area contributed by atoms with Gasteiger partial charge in [0.1, 0.15) is 6.17 Å². The van der Waals surface area contributed by atoms with E-state index in [0.29, 0.717) is 32.1 Å². The lowest BCUT2D eigenvalue weighted by Crippen LogP contribution is -2.68. The van der Waals surface area contributed by atoms with E-state index >= 15 is 0 Å². The molecule has 11 heteroatoms. The summed E-state index contributed by atoms with van der Waals surface area (Å²) in [6, 6.07) is 0. The molecule has 0 bridgehead atoms. The lowest BCUT2D eigenvalue weighted by molar-refractivity contribution is -0.191. The van der Waals surface area contributed by atoms with Crippen LogP contribution >= 0.6 is 0 Å². The highest BCUT2D eigenvalue weighted by molar-refractivity contribution is 5.85. The van der Waals surface area contributed by atoms with Crippen molar-refractivity contribution in [1.82, 2.24) is 20.9 Å². The quantitative estimate of drug-likeness (QED) is 0.348. The van der Waals surface area contributed by atoms with Gasteiger partial charge in [-0.2, -0.15) is 13.2 Å². The smallest absolute Gasteiger partial charge is 0.355 e. The summed E-state index contributed by atoms with van der Waals surface area (Å²) in [4.78, 5) is 14.9. The molecule has 2 aliphatic heterocycles. The van der Waals surface area contributed by atoms with Crippen LogP contribution in [0.3, 0.4) is 0 Å². The average Bonchev–Trinajstić information content (AvgIpc) is 3.46. The van der Waals surface area contributed by atoms with Gasteiger partial charge in [-0.1, -0.05) is 0 Å². The van der Waals surface area contributed by atoms with Gasteiger partial charge in [-0.15, -0.1) is 0 Å². The fraction of sp³-hybridized carbons (Fsp3) is 0.955. The third kappa shape index (κ3) is 5.47. The Morgan fingerprint density at radius 2 is 1.94 bits per heavy atom. The van der Waals surface area contributed by atoms with Crippen LogP contribution in [0.4, 0.5) is 17.6 Å². The van der Waals surface area contributed by atoms with E-state index < -0.39 is 42.2 Å². The number of nitrogens with two attached hydrogens (primary N) is 2. The number of amides is 1. The third-order valence-corrected chi connectivity index (χ3v) is 8.41. The molecule has 4 fully saturated rings. The molecule has 4 rings (SSSR count).